The summed E-state index contributed by atoms with van der Waals surface area (Å²) in [6.45, 7) is 2.22. The monoisotopic (exact) mass is 280 g/mol. The second-order valence-corrected chi connectivity index (χ2v) is 6.86. The predicted molar refractivity (Wildman–Crippen MR) is 79.4 cm³/mol. The second-order valence-electron chi connectivity index (χ2n) is 4.82. The normalized spacial score (nSPS) is 10.4. The molecule has 106 valence electrons. The molecule has 0 aliphatic carbocycles. The molecule has 19 heavy (non-hydrogen) atoms. The maximum absolute atomic E-state index is 11.2. The van der Waals surface area contributed by atoms with Crippen molar-refractivity contribution in [3.05, 3.63) is 23.4 Å². The Morgan fingerprint density at radius 1 is 1.26 bits per heavy atom. The van der Waals surface area contributed by atoms with E-state index in [-0.39, 0.29) is 0 Å². The molecule has 1 rings (SSSR count). The minimum Gasteiger partial charge on any atom is -0.501 e. The van der Waals surface area contributed by atoms with Crippen molar-refractivity contribution >= 4 is 14.0 Å². The van der Waals surface area contributed by atoms with Crippen LogP contribution in [0, 0.1) is 0 Å². The number of ether oxygens (including phenoxy) is 1. The molecule has 0 radical (unpaired) electrons. The van der Waals surface area contributed by atoms with Crippen LogP contribution in [-0.4, -0.2) is 26.2 Å². The average Bonchev–Trinajstić information content (AvgIpc) is 2.42. The first-order valence-corrected chi connectivity index (χ1v) is 8.67. The lowest BCUT2D eigenvalue weighted by Gasteiger charge is -2.10. The maximum Gasteiger partial charge on any atom is 0.299 e. The van der Waals surface area contributed by atoms with Crippen molar-refractivity contribution < 1.29 is 14.6 Å². The van der Waals surface area contributed by atoms with Gasteiger partial charge in [0.25, 0.3) is 5.59 Å². The van der Waals surface area contributed by atoms with Gasteiger partial charge < -0.3 is 9.84 Å². The summed E-state index contributed by atoms with van der Waals surface area (Å²) in [5.74, 6) is 0. The topological polar surface area (TPSA) is 46.5 Å². The second kappa shape index (κ2) is 8.86. The Kier molecular flexibility index (Phi) is 7.41. The molecular formula is C15H24O3Si. The van der Waals surface area contributed by atoms with Gasteiger partial charge in [0.1, 0.15) is 5.36 Å². The molecule has 4 heteroatoms. The third-order valence-corrected chi connectivity index (χ3v) is 5.33. The van der Waals surface area contributed by atoms with Crippen molar-refractivity contribution in [2.75, 3.05) is 7.11 Å². The maximum atomic E-state index is 11.2. The summed E-state index contributed by atoms with van der Waals surface area (Å²) in [5.41, 5.74) is 2.11. The Balaban J connectivity index is 2.53. The van der Waals surface area contributed by atoms with Crippen molar-refractivity contribution in [2.24, 2.45) is 0 Å². The van der Waals surface area contributed by atoms with Crippen molar-refractivity contribution in [1.82, 2.24) is 0 Å². The van der Waals surface area contributed by atoms with E-state index in [1.165, 1.54) is 32.1 Å². The fraction of sp³-hybridized carbons (Fsp3) is 0.600. The summed E-state index contributed by atoms with van der Waals surface area (Å²) in [4.78, 5) is 11.2. The number of unbranched alkanes of at least 4 members (excludes halogenated alkanes) is 5. The lowest BCUT2D eigenvalue weighted by molar-refractivity contribution is 0.219. The molecule has 1 aromatic heterocycles. The van der Waals surface area contributed by atoms with Gasteiger partial charge in [-0.1, -0.05) is 56.8 Å². The molecule has 0 unspecified atom stereocenters. The number of hydrogen-bond donors (Lipinski definition) is 1. The first kappa shape index (κ1) is 15.9. The number of methoxy groups -OCH3 is 1. The highest BCUT2D eigenvalue weighted by atomic mass is 28.2. The lowest BCUT2D eigenvalue weighted by Crippen LogP contribution is -2.14. The fourth-order valence-electron chi connectivity index (χ4n) is 2.29. The van der Waals surface area contributed by atoms with Crippen LogP contribution in [0.3, 0.4) is 0 Å². The Hall–Kier alpha value is -1.16. The van der Waals surface area contributed by atoms with E-state index < -0.39 is 14.0 Å². The Morgan fingerprint density at radius 3 is 2.58 bits per heavy atom. The predicted octanol–water partition coefficient (Wildman–Crippen LogP) is 4.15. The minimum atomic E-state index is -1.69. The van der Waals surface area contributed by atoms with Gasteiger partial charge in [0, 0.05) is 0 Å². The summed E-state index contributed by atoms with van der Waals surface area (Å²) < 4.78 is 5.33. The summed E-state index contributed by atoms with van der Waals surface area (Å²) >= 11 is 0. The summed E-state index contributed by atoms with van der Waals surface area (Å²) in [5, 5.41) is 9.89. The highest BCUT2D eigenvalue weighted by molar-refractivity contribution is 6.85. The van der Waals surface area contributed by atoms with Gasteiger partial charge in [-0.15, -0.1) is 0 Å². The molecule has 0 aliphatic rings. The number of rotatable bonds is 9. The van der Waals surface area contributed by atoms with Crippen molar-refractivity contribution in [3.8, 4) is 5.36 Å². The first-order chi connectivity index (χ1) is 9.20. The van der Waals surface area contributed by atoms with Crippen LogP contribution in [0.5, 0.6) is 5.36 Å². The minimum absolute atomic E-state index is 0.702. The van der Waals surface area contributed by atoms with Crippen LogP contribution in [0.1, 0.15) is 51.0 Å². The Bertz CT molecular complexity index is 404. The van der Waals surface area contributed by atoms with Crippen molar-refractivity contribution in [3.63, 3.8) is 0 Å². The van der Waals surface area contributed by atoms with E-state index in [1.54, 1.807) is 12.8 Å². The number of aryl methyl sites for hydroxylation is 1. The van der Waals surface area contributed by atoms with E-state index >= 15 is 0 Å². The average molecular weight is 280 g/mol. The van der Waals surface area contributed by atoms with Crippen molar-refractivity contribution in [2.45, 2.75) is 51.9 Å². The smallest absolute Gasteiger partial charge is 0.299 e. The summed E-state index contributed by atoms with van der Waals surface area (Å²) in [6, 6.07) is 3.87. The molecule has 1 aromatic rings. The first-order valence-electron chi connectivity index (χ1n) is 7.09. The zero-order chi connectivity index (χ0) is 14.1. The van der Waals surface area contributed by atoms with Crippen LogP contribution in [0.2, 0.25) is 0 Å². The van der Waals surface area contributed by atoms with Crippen molar-refractivity contribution in [1.29, 1.82) is 0 Å². The fourth-order valence-corrected chi connectivity index (χ4v) is 3.84. The molecule has 0 saturated heterocycles. The number of carboxylic acid groups (broad SMARTS) is 1. The van der Waals surface area contributed by atoms with Crippen LogP contribution in [0.15, 0.2) is 17.8 Å². The number of hydrogen-bond acceptors (Lipinski definition) is 2. The third kappa shape index (κ3) is 5.15. The SMILES string of the molecule is CCCCCCCCc1ccc[si](C(=O)O)c1OC. The van der Waals surface area contributed by atoms with Gasteiger partial charge in [0.15, 0.2) is 0 Å². The highest BCUT2D eigenvalue weighted by Gasteiger charge is 2.15. The molecule has 0 bridgehead atoms. The standard InChI is InChI=1S/C15H24O3Si/c1-3-4-5-6-7-8-10-13-11-9-12-19(15(16)17)14(13)18-2/h9,11-12H,3-8,10H2,1-2H3,(H,16,17). The Labute approximate surface area is 117 Å². The summed E-state index contributed by atoms with van der Waals surface area (Å²) in [6.07, 6.45) is 8.42. The third-order valence-electron chi connectivity index (χ3n) is 3.33. The van der Waals surface area contributed by atoms with E-state index in [0.717, 1.165) is 18.4 Å². The van der Waals surface area contributed by atoms with Gasteiger partial charge in [-0.2, -0.15) is 0 Å². The van der Waals surface area contributed by atoms with Gasteiger partial charge in [0.2, 0.25) is 8.40 Å². The highest BCUT2D eigenvalue weighted by Crippen LogP contribution is 2.20. The van der Waals surface area contributed by atoms with Gasteiger partial charge in [-0.05, 0) is 18.4 Å². The van der Waals surface area contributed by atoms with Crippen LogP contribution in [0.4, 0.5) is 4.79 Å². The zero-order valence-electron chi connectivity index (χ0n) is 11.9. The molecule has 1 heterocycles. The van der Waals surface area contributed by atoms with Crippen LogP contribution < -0.4 is 4.74 Å². The molecule has 0 fully saturated rings. The number of carbonyl (C=O) groups is 1. The summed E-state index contributed by atoms with van der Waals surface area (Å²) in [7, 11) is -0.110. The molecule has 0 saturated carbocycles. The van der Waals surface area contributed by atoms with E-state index in [1.807, 2.05) is 12.1 Å². The molecule has 3 nitrogen and oxygen atoms in total. The quantitative estimate of drug-likeness (QED) is 0.546. The van der Waals surface area contributed by atoms with Crippen LogP contribution >= 0.6 is 0 Å². The van der Waals surface area contributed by atoms with Gasteiger partial charge in [0.05, 0.1) is 7.11 Å². The molecule has 0 amide bonds. The zero-order valence-corrected chi connectivity index (χ0v) is 12.9. The van der Waals surface area contributed by atoms with E-state index in [4.69, 9.17) is 4.74 Å². The molecule has 0 aromatic carbocycles. The molecule has 0 spiro atoms. The molecular weight excluding hydrogens is 256 g/mol. The molecule has 0 aliphatic heterocycles. The van der Waals surface area contributed by atoms with E-state index in [2.05, 4.69) is 6.92 Å². The molecule has 0 atom stereocenters. The van der Waals surface area contributed by atoms with Gasteiger partial charge in [-0.25, -0.2) is 0 Å². The van der Waals surface area contributed by atoms with Crippen LogP contribution in [0.25, 0.3) is 0 Å². The van der Waals surface area contributed by atoms with Gasteiger partial charge in [-0.3, -0.25) is 4.79 Å². The lowest BCUT2D eigenvalue weighted by atomic mass is 10.1. The Morgan fingerprint density at radius 2 is 1.95 bits per heavy atom. The van der Waals surface area contributed by atoms with E-state index in [0.29, 0.717) is 5.36 Å². The molecule has 1 N–H and O–H groups in total. The van der Waals surface area contributed by atoms with Gasteiger partial charge >= 0.3 is 0 Å². The van der Waals surface area contributed by atoms with E-state index in [9.17, 15) is 9.90 Å². The largest absolute Gasteiger partial charge is 0.501 e. The van der Waals surface area contributed by atoms with Crippen LogP contribution in [-0.2, 0) is 6.42 Å².